The molecule has 0 bridgehead atoms. The van der Waals surface area contributed by atoms with Crippen molar-refractivity contribution in [1.82, 2.24) is 0 Å². The monoisotopic (exact) mass is 302 g/mol. The van der Waals surface area contributed by atoms with Crippen LogP contribution >= 0.6 is 15.9 Å². The van der Waals surface area contributed by atoms with Gasteiger partial charge >= 0.3 is 0 Å². The molecule has 2 rings (SSSR count). The predicted molar refractivity (Wildman–Crippen MR) is 63.1 cm³/mol. The summed E-state index contributed by atoms with van der Waals surface area (Å²) in [6.45, 7) is 0. The number of phenols is 1. The van der Waals surface area contributed by atoms with E-state index < -0.39 is 20.8 Å². The van der Waals surface area contributed by atoms with Gasteiger partial charge < -0.3 is 5.11 Å². The number of phenolic OH excluding ortho intramolecular Hbond substituents is 1. The highest BCUT2D eigenvalue weighted by molar-refractivity contribution is 9.10. The van der Waals surface area contributed by atoms with Crippen molar-refractivity contribution in [2.24, 2.45) is 0 Å². The molecule has 0 heterocycles. The zero-order chi connectivity index (χ0) is 11.9. The smallest absolute Gasteiger partial charge is 0.298 e. The van der Waals surface area contributed by atoms with Crippen molar-refractivity contribution in [3.63, 3.8) is 0 Å². The quantitative estimate of drug-likeness (QED) is 0.794. The Balaban J connectivity index is 3.03. The summed E-state index contributed by atoms with van der Waals surface area (Å²) in [5, 5.41) is 10.4. The molecule has 0 radical (unpaired) electrons. The minimum absolute atomic E-state index is 0.275. The van der Waals surface area contributed by atoms with E-state index in [4.69, 9.17) is 4.55 Å². The molecule has 0 aromatic heterocycles. The molecule has 4 nitrogen and oxygen atoms in total. The van der Waals surface area contributed by atoms with Crippen LogP contribution in [0.3, 0.4) is 0 Å². The maximum Gasteiger partial charge on any atom is 0.298 e. The average molecular weight is 303 g/mol. The number of hydrogen-bond donors (Lipinski definition) is 2. The summed E-state index contributed by atoms with van der Waals surface area (Å²) >= 11 is 3.26. The van der Waals surface area contributed by atoms with Gasteiger partial charge in [0.25, 0.3) is 10.1 Å². The molecule has 0 saturated heterocycles. The van der Waals surface area contributed by atoms with Gasteiger partial charge in [0.15, 0.2) is 0 Å². The predicted octanol–water partition coefficient (Wildman–Crippen LogP) is 2.55. The summed E-state index contributed by atoms with van der Waals surface area (Å²) in [6, 6.07) is 7.69. The van der Waals surface area contributed by atoms with Crippen LogP contribution in [-0.4, -0.2) is 18.1 Å². The van der Waals surface area contributed by atoms with Gasteiger partial charge in [0.2, 0.25) is 0 Å². The second kappa shape index (κ2) is 3.73. The van der Waals surface area contributed by atoms with E-state index in [1.807, 2.05) is 0 Å². The molecular weight excluding hydrogens is 296 g/mol. The van der Waals surface area contributed by atoms with Crippen molar-refractivity contribution in [2.75, 3.05) is 0 Å². The van der Waals surface area contributed by atoms with Gasteiger partial charge in [-0.25, -0.2) is 0 Å². The van der Waals surface area contributed by atoms with Gasteiger partial charge in [-0.3, -0.25) is 4.55 Å². The van der Waals surface area contributed by atoms with Crippen LogP contribution in [0, 0.1) is 0 Å². The molecule has 6 heteroatoms. The SMILES string of the molecule is O=S(=O)(O)c1c(O)ccc2c(Br)cccc12. The number of halogens is 1. The zero-order valence-corrected chi connectivity index (χ0v) is 10.3. The molecule has 0 saturated carbocycles. The van der Waals surface area contributed by atoms with Crippen LogP contribution in [0.15, 0.2) is 39.7 Å². The first-order valence-electron chi connectivity index (χ1n) is 4.29. The number of benzene rings is 2. The highest BCUT2D eigenvalue weighted by atomic mass is 79.9. The molecule has 0 aliphatic rings. The lowest BCUT2D eigenvalue weighted by atomic mass is 10.1. The Hall–Kier alpha value is -1.11. The second-order valence-electron chi connectivity index (χ2n) is 3.22. The van der Waals surface area contributed by atoms with E-state index in [2.05, 4.69) is 15.9 Å². The van der Waals surface area contributed by atoms with E-state index in [0.717, 1.165) is 0 Å². The molecule has 2 N–H and O–H groups in total. The van der Waals surface area contributed by atoms with Crippen molar-refractivity contribution in [3.8, 4) is 5.75 Å². The van der Waals surface area contributed by atoms with E-state index in [1.165, 1.54) is 12.1 Å². The fourth-order valence-electron chi connectivity index (χ4n) is 1.55. The van der Waals surface area contributed by atoms with Crippen molar-refractivity contribution >= 4 is 36.8 Å². The van der Waals surface area contributed by atoms with Crippen molar-refractivity contribution in [3.05, 3.63) is 34.8 Å². The molecule has 0 aliphatic carbocycles. The third kappa shape index (κ3) is 1.79. The number of aromatic hydroxyl groups is 1. The third-order valence-electron chi connectivity index (χ3n) is 2.20. The minimum atomic E-state index is -4.45. The fourth-order valence-corrected chi connectivity index (χ4v) is 2.84. The summed E-state index contributed by atoms with van der Waals surface area (Å²) in [6.07, 6.45) is 0. The molecular formula is C10H7BrO4S. The molecule has 0 atom stereocenters. The maximum atomic E-state index is 11.2. The molecule has 2 aromatic carbocycles. The van der Waals surface area contributed by atoms with Gasteiger partial charge in [-0.05, 0) is 23.6 Å². The Morgan fingerprint density at radius 1 is 1.06 bits per heavy atom. The van der Waals surface area contributed by atoms with E-state index in [9.17, 15) is 13.5 Å². The molecule has 0 fully saturated rings. The highest BCUT2D eigenvalue weighted by Crippen LogP contribution is 2.34. The van der Waals surface area contributed by atoms with Gasteiger partial charge in [-0.1, -0.05) is 28.1 Å². The van der Waals surface area contributed by atoms with Crippen LogP contribution in [-0.2, 0) is 10.1 Å². The van der Waals surface area contributed by atoms with Gasteiger partial charge in [-0.2, -0.15) is 8.42 Å². The number of rotatable bonds is 1. The first-order valence-corrected chi connectivity index (χ1v) is 6.52. The number of hydrogen-bond acceptors (Lipinski definition) is 3. The third-order valence-corrected chi connectivity index (χ3v) is 3.83. The van der Waals surface area contributed by atoms with Gasteiger partial charge in [0, 0.05) is 9.86 Å². The summed E-state index contributed by atoms with van der Waals surface area (Å²) in [5.74, 6) is -0.465. The lowest BCUT2D eigenvalue weighted by molar-refractivity contribution is 0.445. The Bertz CT molecular complexity index is 664. The van der Waals surface area contributed by atoms with Crippen LogP contribution in [0.1, 0.15) is 0 Å². The minimum Gasteiger partial charge on any atom is -0.506 e. The maximum absolute atomic E-state index is 11.2. The van der Waals surface area contributed by atoms with E-state index in [1.54, 1.807) is 18.2 Å². The molecule has 16 heavy (non-hydrogen) atoms. The van der Waals surface area contributed by atoms with Gasteiger partial charge in [0.1, 0.15) is 10.6 Å². The molecule has 0 amide bonds. The number of fused-ring (bicyclic) bond motifs is 1. The lowest BCUT2D eigenvalue weighted by Gasteiger charge is -2.07. The molecule has 0 spiro atoms. The summed E-state index contributed by atoms with van der Waals surface area (Å²) < 4.78 is 32.1. The van der Waals surface area contributed by atoms with E-state index >= 15 is 0 Å². The van der Waals surface area contributed by atoms with E-state index in [-0.39, 0.29) is 5.39 Å². The first-order chi connectivity index (χ1) is 7.41. The van der Waals surface area contributed by atoms with Gasteiger partial charge in [0.05, 0.1) is 0 Å². The van der Waals surface area contributed by atoms with Crippen molar-refractivity contribution in [2.45, 2.75) is 4.90 Å². The Morgan fingerprint density at radius 3 is 2.38 bits per heavy atom. The molecule has 2 aromatic rings. The van der Waals surface area contributed by atoms with Crippen LogP contribution < -0.4 is 0 Å². The lowest BCUT2D eigenvalue weighted by Crippen LogP contribution is -1.99. The Morgan fingerprint density at radius 2 is 1.75 bits per heavy atom. The molecule has 0 aliphatic heterocycles. The van der Waals surface area contributed by atoms with E-state index in [0.29, 0.717) is 9.86 Å². The van der Waals surface area contributed by atoms with Crippen LogP contribution in [0.25, 0.3) is 10.8 Å². The topological polar surface area (TPSA) is 74.6 Å². The largest absolute Gasteiger partial charge is 0.506 e. The van der Waals surface area contributed by atoms with Crippen LogP contribution in [0.5, 0.6) is 5.75 Å². The van der Waals surface area contributed by atoms with Crippen molar-refractivity contribution in [1.29, 1.82) is 0 Å². The standard InChI is InChI=1S/C10H7BrO4S/c11-8-3-1-2-7-6(8)4-5-9(12)10(7)16(13,14)15/h1-5,12H,(H,13,14,15). The van der Waals surface area contributed by atoms with Crippen LogP contribution in [0.4, 0.5) is 0 Å². The fraction of sp³-hybridized carbons (Fsp3) is 0. The van der Waals surface area contributed by atoms with Crippen molar-refractivity contribution < 1.29 is 18.1 Å². The second-order valence-corrected chi connectivity index (χ2v) is 5.44. The Kier molecular flexibility index (Phi) is 2.65. The van der Waals surface area contributed by atoms with Crippen LogP contribution in [0.2, 0.25) is 0 Å². The summed E-state index contributed by atoms with van der Waals surface area (Å²) in [5.41, 5.74) is 0. The molecule has 0 unspecified atom stereocenters. The zero-order valence-electron chi connectivity index (χ0n) is 7.88. The average Bonchev–Trinajstić information content (AvgIpc) is 2.15. The first kappa shape index (κ1) is 11.4. The Labute approximate surface area is 100 Å². The summed E-state index contributed by atoms with van der Waals surface area (Å²) in [4.78, 5) is -0.466. The highest BCUT2D eigenvalue weighted by Gasteiger charge is 2.19. The molecule has 84 valence electrons. The summed E-state index contributed by atoms with van der Waals surface area (Å²) in [7, 11) is -4.45. The normalized spacial score (nSPS) is 11.9. The van der Waals surface area contributed by atoms with Gasteiger partial charge in [-0.15, -0.1) is 0 Å².